The zero-order valence-corrected chi connectivity index (χ0v) is 13.2. The number of amides is 1. The summed E-state index contributed by atoms with van der Waals surface area (Å²) in [6.45, 7) is 2.40. The molecule has 1 saturated carbocycles. The summed E-state index contributed by atoms with van der Waals surface area (Å²) < 4.78 is 5.36. The molecule has 1 saturated heterocycles. The van der Waals surface area contributed by atoms with Crippen molar-refractivity contribution in [2.75, 3.05) is 19.8 Å². The van der Waals surface area contributed by atoms with Crippen molar-refractivity contribution in [2.24, 2.45) is 5.92 Å². The molecule has 0 aromatic carbocycles. The smallest absolute Gasteiger partial charge is 0.255 e. The van der Waals surface area contributed by atoms with Gasteiger partial charge in [-0.2, -0.15) is 0 Å². The number of carbonyl (C=O) groups excluding carboxylic acids is 1. The predicted molar refractivity (Wildman–Crippen MR) is 86.4 cm³/mol. The first-order valence-corrected chi connectivity index (χ1v) is 8.51. The minimum atomic E-state index is -0.0643. The lowest BCUT2D eigenvalue weighted by molar-refractivity contribution is 0.0636. The van der Waals surface area contributed by atoms with Gasteiger partial charge in [0.25, 0.3) is 5.91 Å². The van der Waals surface area contributed by atoms with Crippen LogP contribution in [0.15, 0.2) is 12.4 Å². The van der Waals surface area contributed by atoms with Crippen molar-refractivity contribution in [3.05, 3.63) is 23.7 Å². The van der Waals surface area contributed by atoms with Gasteiger partial charge in [-0.3, -0.25) is 4.79 Å². The first kappa shape index (κ1) is 14.6. The van der Waals surface area contributed by atoms with Crippen LogP contribution in [0, 0.1) is 5.92 Å². The molecule has 122 valence electrons. The second-order valence-electron chi connectivity index (χ2n) is 6.57. The summed E-state index contributed by atoms with van der Waals surface area (Å²) in [7, 11) is 0. The number of carbonyl (C=O) groups is 1. The molecule has 0 atom stereocenters. The van der Waals surface area contributed by atoms with Crippen LogP contribution in [0.25, 0.3) is 11.2 Å². The molecule has 2 aromatic rings. The van der Waals surface area contributed by atoms with Gasteiger partial charge in [-0.25, -0.2) is 9.97 Å². The number of fused-ring (bicyclic) bond motifs is 1. The molecule has 1 aliphatic heterocycles. The summed E-state index contributed by atoms with van der Waals surface area (Å²) in [5.74, 6) is 1.13. The van der Waals surface area contributed by atoms with E-state index in [1.165, 1.54) is 12.8 Å². The summed E-state index contributed by atoms with van der Waals surface area (Å²) in [6, 6.07) is 0. The van der Waals surface area contributed by atoms with Gasteiger partial charge in [-0.1, -0.05) is 0 Å². The van der Waals surface area contributed by atoms with E-state index in [9.17, 15) is 4.79 Å². The quantitative estimate of drug-likeness (QED) is 0.888. The summed E-state index contributed by atoms with van der Waals surface area (Å²) in [6.07, 6.45) is 9.10. The predicted octanol–water partition coefficient (Wildman–Crippen LogP) is 2.38. The van der Waals surface area contributed by atoms with Gasteiger partial charge in [0.05, 0.1) is 17.5 Å². The topological polar surface area (TPSA) is 79.9 Å². The highest BCUT2D eigenvalue weighted by Gasteiger charge is 2.26. The Hall–Kier alpha value is -1.95. The monoisotopic (exact) mass is 314 g/mol. The zero-order valence-electron chi connectivity index (χ0n) is 13.2. The molecule has 2 fully saturated rings. The van der Waals surface area contributed by atoms with E-state index < -0.39 is 0 Å². The van der Waals surface area contributed by atoms with Gasteiger partial charge in [0.1, 0.15) is 5.52 Å². The van der Waals surface area contributed by atoms with E-state index >= 15 is 0 Å². The van der Waals surface area contributed by atoms with E-state index in [2.05, 4.69) is 20.3 Å². The van der Waals surface area contributed by atoms with Gasteiger partial charge in [-0.15, -0.1) is 0 Å². The maximum Gasteiger partial charge on any atom is 0.255 e. The fourth-order valence-electron chi connectivity index (χ4n) is 3.17. The molecule has 0 radical (unpaired) electrons. The summed E-state index contributed by atoms with van der Waals surface area (Å²) in [5, 5.41) is 3.02. The van der Waals surface area contributed by atoms with Crippen molar-refractivity contribution in [1.29, 1.82) is 0 Å². The average Bonchev–Trinajstić information content (AvgIpc) is 3.35. The van der Waals surface area contributed by atoms with Crippen LogP contribution in [0.5, 0.6) is 0 Å². The van der Waals surface area contributed by atoms with Crippen molar-refractivity contribution in [3.63, 3.8) is 0 Å². The number of rotatable bonds is 5. The van der Waals surface area contributed by atoms with Crippen LogP contribution in [0.3, 0.4) is 0 Å². The van der Waals surface area contributed by atoms with Crippen molar-refractivity contribution in [2.45, 2.75) is 38.0 Å². The van der Waals surface area contributed by atoms with Crippen LogP contribution in [-0.4, -0.2) is 40.6 Å². The normalized spacial score (nSPS) is 19.1. The third-order valence-corrected chi connectivity index (χ3v) is 4.82. The van der Waals surface area contributed by atoms with Crippen LogP contribution in [-0.2, 0) is 4.74 Å². The minimum Gasteiger partial charge on any atom is -0.381 e. The SMILES string of the molecule is O=C(NCCC1CCOCC1)c1c[nH]c2ncc(C3CC3)nc12. The fourth-order valence-corrected chi connectivity index (χ4v) is 3.17. The van der Waals surface area contributed by atoms with Crippen LogP contribution >= 0.6 is 0 Å². The standard InChI is InChI=1S/C17H22N4O2/c22-17(18-6-3-11-4-7-23-8-5-11)13-9-19-16-15(13)21-14(10-20-16)12-1-2-12/h9-12H,1-8H2,(H,18,22)(H,19,20). The highest BCUT2D eigenvalue weighted by molar-refractivity contribution is 6.04. The number of H-pyrrole nitrogens is 1. The first-order valence-electron chi connectivity index (χ1n) is 8.51. The minimum absolute atomic E-state index is 0.0643. The van der Waals surface area contributed by atoms with Crippen LogP contribution in [0.4, 0.5) is 0 Å². The number of aromatic nitrogens is 3. The van der Waals surface area contributed by atoms with E-state index in [-0.39, 0.29) is 5.91 Å². The van der Waals surface area contributed by atoms with Gasteiger partial charge in [0, 0.05) is 31.9 Å². The van der Waals surface area contributed by atoms with Crippen molar-refractivity contribution >= 4 is 17.1 Å². The highest BCUT2D eigenvalue weighted by atomic mass is 16.5. The van der Waals surface area contributed by atoms with E-state index in [1.807, 2.05) is 6.20 Å². The number of nitrogens with one attached hydrogen (secondary N) is 2. The molecule has 23 heavy (non-hydrogen) atoms. The Bertz CT molecular complexity index is 702. The summed E-state index contributed by atoms with van der Waals surface area (Å²) in [5.41, 5.74) is 2.98. The maximum atomic E-state index is 12.4. The van der Waals surface area contributed by atoms with Crippen LogP contribution in [0.1, 0.15) is 54.1 Å². The van der Waals surface area contributed by atoms with Crippen molar-refractivity contribution in [3.8, 4) is 0 Å². The molecule has 2 N–H and O–H groups in total. The Morgan fingerprint density at radius 2 is 2.13 bits per heavy atom. The fraction of sp³-hybridized carbons (Fsp3) is 0.588. The summed E-state index contributed by atoms with van der Waals surface area (Å²) >= 11 is 0. The molecule has 0 unspecified atom stereocenters. The second kappa shape index (κ2) is 6.28. The van der Waals surface area contributed by atoms with E-state index in [1.54, 1.807) is 6.20 Å². The van der Waals surface area contributed by atoms with Gasteiger partial charge in [0.2, 0.25) is 0 Å². The molecular weight excluding hydrogens is 292 g/mol. The Morgan fingerprint density at radius 1 is 1.30 bits per heavy atom. The molecular formula is C17H22N4O2. The molecule has 0 spiro atoms. The number of nitrogens with zero attached hydrogens (tertiary/aromatic N) is 2. The molecule has 1 amide bonds. The van der Waals surface area contributed by atoms with Crippen molar-refractivity contribution in [1.82, 2.24) is 20.3 Å². The Morgan fingerprint density at radius 3 is 2.91 bits per heavy atom. The lowest BCUT2D eigenvalue weighted by Crippen LogP contribution is -2.27. The molecule has 1 aliphatic carbocycles. The lowest BCUT2D eigenvalue weighted by atomic mass is 9.97. The Balaban J connectivity index is 1.41. The lowest BCUT2D eigenvalue weighted by Gasteiger charge is -2.21. The number of hydrogen-bond acceptors (Lipinski definition) is 4. The molecule has 0 bridgehead atoms. The van der Waals surface area contributed by atoms with Gasteiger partial charge in [0.15, 0.2) is 5.65 Å². The third kappa shape index (κ3) is 3.22. The van der Waals surface area contributed by atoms with Gasteiger partial charge in [-0.05, 0) is 38.0 Å². The van der Waals surface area contributed by atoms with E-state index in [4.69, 9.17) is 4.74 Å². The van der Waals surface area contributed by atoms with Crippen LogP contribution < -0.4 is 5.32 Å². The molecule has 6 nitrogen and oxygen atoms in total. The first-order chi connectivity index (χ1) is 11.3. The molecule has 3 heterocycles. The highest BCUT2D eigenvalue weighted by Crippen LogP contribution is 2.39. The van der Waals surface area contributed by atoms with E-state index in [0.29, 0.717) is 35.1 Å². The second-order valence-corrected chi connectivity index (χ2v) is 6.57. The Labute approximate surface area is 135 Å². The van der Waals surface area contributed by atoms with Gasteiger partial charge < -0.3 is 15.0 Å². The van der Waals surface area contributed by atoms with E-state index in [0.717, 1.165) is 38.2 Å². The third-order valence-electron chi connectivity index (χ3n) is 4.82. The number of ether oxygens (including phenoxy) is 1. The number of aromatic amines is 1. The molecule has 6 heteroatoms. The number of hydrogen-bond donors (Lipinski definition) is 2. The Kier molecular flexibility index (Phi) is 3.99. The molecule has 4 rings (SSSR count). The largest absolute Gasteiger partial charge is 0.381 e. The van der Waals surface area contributed by atoms with Crippen molar-refractivity contribution < 1.29 is 9.53 Å². The maximum absolute atomic E-state index is 12.4. The molecule has 2 aromatic heterocycles. The zero-order chi connectivity index (χ0) is 15.6. The average molecular weight is 314 g/mol. The summed E-state index contributed by atoms with van der Waals surface area (Å²) in [4.78, 5) is 24.5. The van der Waals surface area contributed by atoms with Crippen LogP contribution in [0.2, 0.25) is 0 Å². The molecule has 2 aliphatic rings. The van der Waals surface area contributed by atoms with Gasteiger partial charge >= 0.3 is 0 Å².